The molecule has 0 spiro atoms. The van der Waals surface area contributed by atoms with Gasteiger partial charge in [-0.3, -0.25) is 0 Å². The molecule has 0 amide bonds. The first-order chi connectivity index (χ1) is 8.21. The summed E-state index contributed by atoms with van der Waals surface area (Å²) in [6, 6.07) is 7.28. The molecule has 1 N–H and O–H groups in total. The Morgan fingerprint density at radius 1 is 1.47 bits per heavy atom. The van der Waals surface area contributed by atoms with E-state index in [2.05, 4.69) is 0 Å². The average molecular weight is 233 g/mol. The van der Waals surface area contributed by atoms with E-state index in [0.717, 1.165) is 11.1 Å². The van der Waals surface area contributed by atoms with Gasteiger partial charge in [-0.15, -0.1) is 0 Å². The van der Waals surface area contributed by atoms with Gasteiger partial charge in [0.25, 0.3) is 0 Å². The maximum absolute atomic E-state index is 8.93. The normalized spacial score (nSPS) is 10.8. The van der Waals surface area contributed by atoms with E-state index in [1.54, 1.807) is 19.2 Å². The molecule has 0 aromatic heterocycles. The molecule has 90 valence electrons. The minimum atomic E-state index is -0.0127. The Bertz CT molecular complexity index is 446. The Labute approximate surface area is 101 Å². The molecule has 1 aromatic rings. The Kier molecular flexibility index (Phi) is 5.05. The molecule has 0 fully saturated rings. The maximum Gasteiger partial charge on any atom is 0.174 e. The quantitative estimate of drug-likeness (QED) is 0.844. The third-order valence-corrected chi connectivity index (χ3v) is 2.14. The maximum atomic E-state index is 8.93. The molecule has 0 bridgehead atoms. The van der Waals surface area contributed by atoms with Gasteiger partial charge in [-0.2, -0.15) is 5.26 Å². The third-order valence-electron chi connectivity index (χ3n) is 2.14. The molecule has 0 aliphatic carbocycles. The van der Waals surface area contributed by atoms with Crippen LogP contribution < -0.4 is 9.47 Å². The highest BCUT2D eigenvalue weighted by molar-refractivity contribution is 5.57. The van der Waals surface area contributed by atoms with Gasteiger partial charge in [-0.25, -0.2) is 0 Å². The minimum absolute atomic E-state index is 0.0127. The van der Waals surface area contributed by atoms with E-state index in [9.17, 15) is 0 Å². The highest BCUT2D eigenvalue weighted by Crippen LogP contribution is 2.28. The van der Waals surface area contributed by atoms with E-state index in [4.69, 9.17) is 19.8 Å². The Balaban J connectivity index is 2.96. The van der Waals surface area contributed by atoms with Gasteiger partial charge in [0.15, 0.2) is 18.1 Å². The fourth-order valence-corrected chi connectivity index (χ4v) is 1.33. The van der Waals surface area contributed by atoms with Crippen molar-refractivity contribution in [3.8, 4) is 17.6 Å². The van der Waals surface area contributed by atoms with Gasteiger partial charge >= 0.3 is 0 Å². The summed E-state index contributed by atoms with van der Waals surface area (Å²) >= 11 is 0. The fourth-order valence-electron chi connectivity index (χ4n) is 1.33. The molecule has 1 rings (SSSR count). The van der Waals surface area contributed by atoms with Crippen molar-refractivity contribution in [2.24, 2.45) is 0 Å². The Morgan fingerprint density at radius 2 is 2.24 bits per heavy atom. The number of hydrogen-bond donors (Lipinski definition) is 1. The second kappa shape index (κ2) is 6.56. The first-order valence-electron chi connectivity index (χ1n) is 5.17. The van der Waals surface area contributed by atoms with Crippen molar-refractivity contribution in [1.82, 2.24) is 0 Å². The number of aliphatic hydroxyl groups is 1. The summed E-state index contributed by atoms with van der Waals surface area (Å²) in [5.41, 5.74) is 1.77. The molecule has 4 nitrogen and oxygen atoms in total. The lowest BCUT2D eigenvalue weighted by molar-refractivity contribution is 0.329. The lowest BCUT2D eigenvalue weighted by Gasteiger charge is -2.09. The molecule has 0 aliphatic heterocycles. The number of methoxy groups -OCH3 is 1. The Morgan fingerprint density at radius 3 is 2.82 bits per heavy atom. The van der Waals surface area contributed by atoms with Gasteiger partial charge in [0.2, 0.25) is 0 Å². The van der Waals surface area contributed by atoms with Crippen molar-refractivity contribution >= 4 is 6.08 Å². The van der Waals surface area contributed by atoms with E-state index in [0.29, 0.717) is 11.5 Å². The molecule has 0 aliphatic rings. The van der Waals surface area contributed by atoms with Gasteiger partial charge < -0.3 is 14.6 Å². The molecule has 4 heteroatoms. The van der Waals surface area contributed by atoms with E-state index in [-0.39, 0.29) is 13.2 Å². The second-order valence-electron chi connectivity index (χ2n) is 3.51. The van der Waals surface area contributed by atoms with Crippen molar-refractivity contribution in [3.05, 3.63) is 29.3 Å². The summed E-state index contributed by atoms with van der Waals surface area (Å²) < 4.78 is 10.4. The van der Waals surface area contributed by atoms with Crippen molar-refractivity contribution in [1.29, 1.82) is 5.26 Å². The molecule has 17 heavy (non-hydrogen) atoms. The smallest absolute Gasteiger partial charge is 0.174 e. The van der Waals surface area contributed by atoms with Crippen LogP contribution in [0.5, 0.6) is 11.5 Å². The van der Waals surface area contributed by atoms with Crippen LogP contribution in [0.3, 0.4) is 0 Å². The predicted octanol–water partition coefficient (Wildman–Crippen LogP) is 1.99. The third kappa shape index (κ3) is 3.82. The molecular weight excluding hydrogens is 218 g/mol. The second-order valence-corrected chi connectivity index (χ2v) is 3.51. The fraction of sp³-hybridized carbons (Fsp3) is 0.308. The van der Waals surface area contributed by atoms with Crippen LogP contribution in [0.4, 0.5) is 0 Å². The number of hydrogen-bond acceptors (Lipinski definition) is 4. The largest absolute Gasteiger partial charge is 0.493 e. The summed E-state index contributed by atoms with van der Waals surface area (Å²) in [5, 5.41) is 17.4. The van der Waals surface area contributed by atoms with Gasteiger partial charge in [0.1, 0.15) is 6.07 Å². The van der Waals surface area contributed by atoms with E-state index < -0.39 is 0 Å². The van der Waals surface area contributed by atoms with Gasteiger partial charge in [0.05, 0.1) is 13.7 Å². The van der Waals surface area contributed by atoms with Crippen LogP contribution >= 0.6 is 0 Å². The zero-order valence-electron chi connectivity index (χ0n) is 9.93. The minimum Gasteiger partial charge on any atom is -0.493 e. The number of ether oxygens (including phenoxy) is 2. The molecule has 0 heterocycles. The zero-order chi connectivity index (χ0) is 12.7. The first kappa shape index (κ1) is 13.1. The molecule has 1 aromatic carbocycles. The lowest BCUT2D eigenvalue weighted by atomic mass is 10.1. The zero-order valence-corrected chi connectivity index (χ0v) is 9.93. The van der Waals surface area contributed by atoms with Crippen molar-refractivity contribution in [2.45, 2.75) is 6.92 Å². The van der Waals surface area contributed by atoms with E-state index >= 15 is 0 Å². The summed E-state index contributed by atoms with van der Waals surface area (Å²) in [6.45, 7) is 1.85. The first-order valence-corrected chi connectivity index (χ1v) is 5.17. The van der Waals surface area contributed by atoms with Gasteiger partial charge in [-0.05, 0) is 30.2 Å². The van der Waals surface area contributed by atoms with E-state index in [1.165, 1.54) is 0 Å². The van der Waals surface area contributed by atoms with E-state index in [1.807, 2.05) is 25.1 Å². The number of benzene rings is 1. The number of aliphatic hydroxyl groups excluding tert-OH is 1. The molecule has 0 atom stereocenters. The molecule has 0 saturated heterocycles. The van der Waals surface area contributed by atoms with Crippen molar-refractivity contribution in [3.63, 3.8) is 0 Å². The van der Waals surface area contributed by atoms with Gasteiger partial charge in [0, 0.05) is 0 Å². The monoisotopic (exact) mass is 233 g/mol. The highest BCUT2D eigenvalue weighted by Gasteiger charge is 2.04. The van der Waals surface area contributed by atoms with Gasteiger partial charge in [-0.1, -0.05) is 12.1 Å². The number of nitrogens with zero attached hydrogens (tertiary/aromatic N) is 1. The molecular formula is C13H15NO3. The summed E-state index contributed by atoms with van der Waals surface area (Å²) in [6.07, 6.45) is 1.86. The Hall–Kier alpha value is -1.99. The van der Waals surface area contributed by atoms with Crippen LogP contribution in [0.25, 0.3) is 6.08 Å². The lowest BCUT2D eigenvalue weighted by Crippen LogP contribution is -1.97. The van der Waals surface area contributed by atoms with Crippen molar-refractivity contribution < 1.29 is 14.6 Å². The summed E-state index contributed by atoms with van der Waals surface area (Å²) in [4.78, 5) is 0. The van der Waals surface area contributed by atoms with Crippen LogP contribution in [0.15, 0.2) is 23.8 Å². The van der Waals surface area contributed by atoms with Crippen LogP contribution in [-0.4, -0.2) is 25.4 Å². The predicted molar refractivity (Wildman–Crippen MR) is 64.8 cm³/mol. The average Bonchev–Trinajstić information content (AvgIpc) is 2.36. The molecule has 0 unspecified atom stereocenters. The van der Waals surface area contributed by atoms with Crippen LogP contribution in [0.2, 0.25) is 0 Å². The van der Waals surface area contributed by atoms with Crippen molar-refractivity contribution in [2.75, 3.05) is 20.3 Å². The number of nitriles is 1. The highest BCUT2D eigenvalue weighted by atomic mass is 16.5. The summed E-state index contributed by atoms with van der Waals surface area (Å²) in [5.74, 6) is 1.10. The standard InChI is InChI=1S/C13H15NO3/c1-10(9-15)7-11-3-4-12(17-6-5-14)13(8-11)16-2/h3-4,7-8,15H,6,9H2,1-2H3. The molecule has 0 saturated carbocycles. The molecule has 0 radical (unpaired) electrons. The SMILES string of the molecule is COc1cc(C=C(C)CO)ccc1OCC#N. The topological polar surface area (TPSA) is 62.5 Å². The van der Waals surface area contributed by atoms with Crippen LogP contribution in [-0.2, 0) is 0 Å². The number of rotatable bonds is 5. The van der Waals surface area contributed by atoms with Crippen LogP contribution in [0.1, 0.15) is 12.5 Å². The summed E-state index contributed by atoms with van der Waals surface area (Å²) in [7, 11) is 1.54. The van der Waals surface area contributed by atoms with Crippen LogP contribution in [0, 0.1) is 11.3 Å².